The Morgan fingerprint density at radius 1 is 0.946 bits per heavy atom. The Balaban J connectivity index is 1.46. The number of carbonyl (C=O) groups excluding carboxylic acids is 3. The van der Waals surface area contributed by atoms with Crippen LogP contribution in [0.4, 0.5) is 9.59 Å². The number of amides is 1. The number of fused-ring (bicyclic) bond motifs is 8. The molecule has 2 aromatic carbocycles. The lowest BCUT2D eigenvalue weighted by Crippen LogP contribution is -2.53. The van der Waals surface area contributed by atoms with Gasteiger partial charge in [-0.2, -0.15) is 0 Å². The minimum absolute atomic E-state index is 0.0546. The third-order valence-electron chi connectivity index (χ3n) is 7.54. The molecule has 1 aliphatic carbocycles. The molecular formula is C30H30N2O5. The lowest BCUT2D eigenvalue weighted by molar-refractivity contribution is -0.114. The zero-order chi connectivity index (χ0) is 25.9. The van der Waals surface area contributed by atoms with Gasteiger partial charge in [-0.05, 0) is 68.4 Å². The molecule has 0 spiro atoms. The molecule has 3 aromatic rings. The molecule has 190 valence electrons. The van der Waals surface area contributed by atoms with Crippen LogP contribution in [-0.2, 0) is 27.3 Å². The minimum Gasteiger partial charge on any atom is -0.445 e. The van der Waals surface area contributed by atoms with Gasteiger partial charge >= 0.3 is 12.2 Å². The summed E-state index contributed by atoms with van der Waals surface area (Å²) < 4.78 is 13.3. The van der Waals surface area contributed by atoms with E-state index in [1.54, 1.807) is 15.5 Å². The van der Waals surface area contributed by atoms with Gasteiger partial charge in [-0.3, -0.25) is 9.69 Å². The fraction of sp³-hybridized carbons (Fsp3) is 0.367. The van der Waals surface area contributed by atoms with E-state index in [1.165, 1.54) is 0 Å². The Labute approximate surface area is 215 Å². The van der Waals surface area contributed by atoms with Gasteiger partial charge in [0.15, 0.2) is 5.78 Å². The highest BCUT2D eigenvalue weighted by atomic mass is 16.6. The largest absolute Gasteiger partial charge is 0.445 e. The first kappa shape index (κ1) is 23.5. The first-order valence-corrected chi connectivity index (χ1v) is 12.8. The summed E-state index contributed by atoms with van der Waals surface area (Å²) >= 11 is 0. The van der Waals surface area contributed by atoms with Crippen molar-refractivity contribution in [1.29, 1.82) is 0 Å². The highest BCUT2D eigenvalue weighted by molar-refractivity contribution is 5.96. The number of piperidine rings is 1. The highest BCUT2D eigenvalue weighted by Gasteiger charge is 2.51. The van der Waals surface area contributed by atoms with Crippen LogP contribution in [0, 0.1) is 5.92 Å². The first-order chi connectivity index (χ1) is 17.7. The Hall–Kier alpha value is -3.87. The topological polar surface area (TPSA) is 77.8 Å². The summed E-state index contributed by atoms with van der Waals surface area (Å²) in [5, 5.41) is 0.971. The molecule has 0 unspecified atom stereocenters. The third kappa shape index (κ3) is 4.02. The second-order valence-electron chi connectivity index (χ2n) is 11.1. The molecule has 3 atom stereocenters. The van der Waals surface area contributed by atoms with Gasteiger partial charge in [0.05, 0.1) is 23.3 Å². The van der Waals surface area contributed by atoms with Crippen LogP contribution in [0.3, 0.4) is 0 Å². The molecule has 7 heteroatoms. The number of ketones is 1. The molecule has 2 aliphatic heterocycles. The predicted octanol–water partition coefficient (Wildman–Crippen LogP) is 5.95. The van der Waals surface area contributed by atoms with E-state index in [-0.39, 0.29) is 24.3 Å². The number of allylic oxidation sites excluding steroid dienone is 1. The first-order valence-electron chi connectivity index (χ1n) is 12.8. The van der Waals surface area contributed by atoms with Gasteiger partial charge in [-0.1, -0.05) is 48.5 Å². The summed E-state index contributed by atoms with van der Waals surface area (Å²) in [6, 6.07) is 16.7. The van der Waals surface area contributed by atoms with Crippen molar-refractivity contribution in [2.24, 2.45) is 5.92 Å². The van der Waals surface area contributed by atoms with Gasteiger partial charge in [0.25, 0.3) is 0 Å². The van der Waals surface area contributed by atoms with Crippen LogP contribution >= 0.6 is 0 Å². The third-order valence-corrected chi connectivity index (χ3v) is 7.54. The van der Waals surface area contributed by atoms with E-state index < -0.39 is 23.8 Å². The second-order valence-corrected chi connectivity index (χ2v) is 11.1. The number of para-hydroxylation sites is 1. The molecule has 2 bridgehead atoms. The van der Waals surface area contributed by atoms with Crippen LogP contribution in [0.15, 0.2) is 66.2 Å². The molecule has 1 fully saturated rings. The zero-order valence-corrected chi connectivity index (χ0v) is 21.3. The summed E-state index contributed by atoms with van der Waals surface area (Å²) in [6.07, 6.45) is 2.32. The molecule has 0 N–H and O–H groups in total. The molecule has 0 saturated carbocycles. The van der Waals surface area contributed by atoms with Gasteiger partial charge in [0.2, 0.25) is 0 Å². The summed E-state index contributed by atoms with van der Waals surface area (Å²) in [5.41, 5.74) is 3.78. The van der Waals surface area contributed by atoms with E-state index in [4.69, 9.17) is 9.47 Å². The van der Waals surface area contributed by atoms with Gasteiger partial charge in [0, 0.05) is 11.8 Å². The van der Waals surface area contributed by atoms with Crippen molar-refractivity contribution in [2.45, 2.75) is 64.3 Å². The maximum Gasteiger partial charge on any atom is 0.419 e. The molecule has 1 amide bonds. The lowest BCUT2D eigenvalue weighted by Gasteiger charge is -2.48. The summed E-state index contributed by atoms with van der Waals surface area (Å²) in [7, 11) is 0. The SMILES string of the molecule is CC(C)(C)OC(=O)n1c2c(c3ccccc31)C[C@@H]1C3=CC(=O)C[C@@H]3C[C@H]2N1C(=O)OCc1ccccc1. The highest BCUT2D eigenvalue weighted by Crippen LogP contribution is 2.52. The van der Waals surface area contributed by atoms with Gasteiger partial charge in [-0.25, -0.2) is 14.2 Å². The lowest BCUT2D eigenvalue weighted by atomic mass is 9.75. The molecular weight excluding hydrogens is 468 g/mol. The molecule has 1 saturated heterocycles. The van der Waals surface area contributed by atoms with E-state index >= 15 is 0 Å². The van der Waals surface area contributed by atoms with Crippen molar-refractivity contribution in [3.05, 3.63) is 83.1 Å². The molecule has 37 heavy (non-hydrogen) atoms. The van der Waals surface area contributed by atoms with Crippen molar-refractivity contribution in [1.82, 2.24) is 9.47 Å². The maximum absolute atomic E-state index is 13.7. The van der Waals surface area contributed by atoms with Crippen molar-refractivity contribution >= 4 is 28.9 Å². The van der Waals surface area contributed by atoms with Crippen LogP contribution in [0.25, 0.3) is 10.9 Å². The van der Waals surface area contributed by atoms with E-state index in [0.717, 1.165) is 33.3 Å². The molecule has 7 nitrogen and oxygen atoms in total. The Bertz CT molecular complexity index is 1450. The molecule has 1 aromatic heterocycles. The summed E-state index contributed by atoms with van der Waals surface area (Å²) in [5.74, 6) is 0.147. The maximum atomic E-state index is 13.7. The molecule has 6 rings (SSSR count). The number of rotatable bonds is 2. The van der Waals surface area contributed by atoms with Crippen LogP contribution in [0.2, 0.25) is 0 Å². The number of hydrogen-bond acceptors (Lipinski definition) is 5. The van der Waals surface area contributed by atoms with Crippen molar-refractivity contribution in [3.63, 3.8) is 0 Å². The second kappa shape index (κ2) is 8.61. The smallest absolute Gasteiger partial charge is 0.419 e. The van der Waals surface area contributed by atoms with E-state index in [2.05, 4.69) is 0 Å². The fourth-order valence-corrected chi connectivity index (χ4v) is 6.17. The summed E-state index contributed by atoms with van der Waals surface area (Å²) in [6.45, 7) is 5.68. The van der Waals surface area contributed by atoms with Crippen molar-refractivity contribution in [3.8, 4) is 0 Å². The Morgan fingerprint density at radius 2 is 1.68 bits per heavy atom. The number of hydrogen-bond donors (Lipinski definition) is 0. The standard InChI is InChI=1S/C30H30N2O5/c1-30(2,3)37-29(35)32-24-12-8-7-11-21(24)23-16-25-22-15-20(33)13-19(22)14-26(27(23)32)31(25)28(34)36-17-18-9-5-4-6-10-18/h4-12,15,19,25-26H,13-14,16-17H2,1-3H3/t19-,25-,26-/m1/s1. The van der Waals surface area contributed by atoms with Crippen LogP contribution < -0.4 is 0 Å². The average Bonchev–Trinajstić information content (AvgIpc) is 3.39. The van der Waals surface area contributed by atoms with Gasteiger partial charge < -0.3 is 9.47 Å². The Kier molecular flexibility index (Phi) is 5.48. The normalized spacial score (nSPS) is 22.4. The Morgan fingerprint density at radius 3 is 2.43 bits per heavy atom. The monoisotopic (exact) mass is 498 g/mol. The van der Waals surface area contributed by atoms with Crippen molar-refractivity contribution in [2.75, 3.05) is 0 Å². The van der Waals surface area contributed by atoms with Gasteiger partial charge in [-0.15, -0.1) is 0 Å². The number of ether oxygens (including phenoxy) is 2. The predicted molar refractivity (Wildman–Crippen MR) is 138 cm³/mol. The van der Waals surface area contributed by atoms with Crippen LogP contribution in [-0.4, -0.2) is 39.1 Å². The number of benzene rings is 2. The minimum atomic E-state index is -0.679. The molecule has 3 aliphatic rings. The van der Waals surface area contributed by atoms with E-state index in [0.29, 0.717) is 19.3 Å². The number of nitrogens with zero attached hydrogens (tertiary/aromatic N) is 2. The molecule has 3 heterocycles. The number of carbonyl (C=O) groups is 3. The van der Waals surface area contributed by atoms with Crippen molar-refractivity contribution < 1.29 is 23.9 Å². The zero-order valence-electron chi connectivity index (χ0n) is 21.3. The van der Waals surface area contributed by atoms with Crippen LogP contribution in [0.1, 0.15) is 56.5 Å². The fourth-order valence-electron chi connectivity index (χ4n) is 6.17. The quantitative estimate of drug-likeness (QED) is 0.436. The van der Waals surface area contributed by atoms with E-state index in [1.807, 2.05) is 75.4 Å². The average molecular weight is 499 g/mol. The molecule has 0 radical (unpaired) electrons. The number of aromatic nitrogens is 1. The summed E-state index contributed by atoms with van der Waals surface area (Å²) in [4.78, 5) is 41.4. The van der Waals surface area contributed by atoms with Gasteiger partial charge in [0.1, 0.15) is 12.2 Å². The van der Waals surface area contributed by atoms with E-state index in [9.17, 15) is 14.4 Å². The van der Waals surface area contributed by atoms with Crippen LogP contribution in [0.5, 0.6) is 0 Å².